The second-order valence-corrected chi connectivity index (χ2v) is 9.17. The number of hydrogen-bond acceptors (Lipinski definition) is 7. The molecule has 4 N–H and O–H groups in total. The van der Waals surface area contributed by atoms with Gasteiger partial charge in [0.1, 0.15) is 17.7 Å². The minimum absolute atomic E-state index is 0.0495. The zero-order valence-corrected chi connectivity index (χ0v) is 21.3. The number of nitrogens with two attached hydrogens (primary N) is 1. The van der Waals surface area contributed by atoms with Crippen LogP contribution in [0.3, 0.4) is 0 Å². The van der Waals surface area contributed by atoms with E-state index in [-0.39, 0.29) is 18.1 Å². The third-order valence-corrected chi connectivity index (χ3v) is 6.51. The van der Waals surface area contributed by atoms with Crippen molar-refractivity contribution in [2.45, 2.75) is 20.1 Å². The summed E-state index contributed by atoms with van der Waals surface area (Å²) in [5.74, 6) is -0.310. The van der Waals surface area contributed by atoms with Gasteiger partial charge >= 0.3 is 6.03 Å². The lowest BCUT2D eigenvalue weighted by Gasteiger charge is -2.26. The Morgan fingerprint density at radius 3 is 2.74 bits per heavy atom. The van der Waals surface area contributed by atoms with Gasteiger partial charge in [-0.05, 0) is 42.3 Å². The Morgan fingerprint density at radius 2 is 2.00 bits per heavy atom. The molecule has 11 heteroatoms. The molecule has 0 spiro atoms. The van der Waals surface area contributed by atoms with E-state index in [0.29, 0.717) is 42.1 Å². The number of urea groups is 1. The molecule has 10 nitrogen and oxygen atoms in total. The summed E-state index contributed by atoms with van der Waals surface area (Å²) in [5, 5.41) is 9.78. The monoisotopic (exact) mass is 519 g/mol. The number of carbonyl (C=O) groups is 1. The van der Waals surface area contributed by atoms with Crippen molar-refractivity contribution in [2.24, 2.45) is 0 Å². The van der Waals surface area contributed by atoms with E-state index in [1.807, 2.05) is 25.1 Å². The largest absolute Gasteiger partial charge is 0.382 e. The normalized spacial score (nSPS) is 14.1. The third-order valence-electron chi connectivity index (χ3n) is 6.51. The Morgan fingerprint density at radius 1 is 1.18 bits per heavy atom. The number of nitrogens with one attached hydrogen (secondary N) is 2. The summed E-state index contributed by atoms with van der Waals surface area (Å²) in [7, 11) is 1.61. The van der Waals surface area contributed by atoms with E-state index >= 15 is 4.39 Å². The Bertz CT molecular complexity index is 1470. The number of halogens is 1. The summed E-state index contributed by atoms with van der Waals surface area (Å²) in [6.07, 6.45) is 1.41. The number of amides is 2. The number of carbonyl (C=O) groups excluding carboxylic acids is 1. The smallest absolute Gasteiger partial charge is 0.323 e. The second kappa shape index (κ2) is 11.1. The predicted molar refractivity (Wildman–Crippen MR) is 143 cm³/mol. The van der Waals surface area contributed by atoms with Crippen LogP contribution in [-0.4, -0.2) is 58.9 Å². The Kier molecular flexibility index (Phi) is 7.50. The first-order chi connectivity index (χ1) is 18.4. The highest BCUT2D eigenvalue weighted by atomic mass is 19.1. The van der Waals surface area contributed by atoms with Gasteiger partial charge in [-0.2, -0.15) is 5.10 Å². The molecule has 5 rings (SSSR count). The predicted octanol–water partition coefficient (Wildman–Crippen LogP) is 4.05. The summed E-state index contributed by atoms with van der Waals surface area (Å²) in [6, 6.07) is 11.5. The van der Waals surface area contributed by atoms with Crippen LogP contribution < -0.4 is 16.4 Å². The highest BCUT2D eigenvalue weighted by Crippen LogP contribution is 2.37. The van der Waals surface area contributed by atoms with Crippen molar-refractivity contribution in [3.8, 4) is 11.1 Å². The molecule has 1 fully saturated rings. The average molecular weight is 520 g/mol. The van der Waals surface area contributed by atoms with E-state index in [9.17, 15) is 4.79 Å². The van der Waals surface area contributed by atoms with Crippen molar-refractivity contribution >= 4 is 28.7 Å². The van der Waals surface area contributed by atoms with Crippen LogP contribution >= 0.6 is 0 Å². The van der Waals surface area contributed by atoms with Crippen LogP contribution in [-0.2, 0) is 22.6 Å². The van der Waals surface area contributed by atoms with E-state index in [4.69, 9.17) is 15.2 Å². The topological polar surface area (TPSA) is 119 Å². The number of hydrogen-bond donors (Lipinski definition) is 3. The first-order valence-corrected chi connectivity index (χ1v) is 12.3. The number of morpholine rings is 1. The van der Waals surface area contributed by atoms with E-state index in [0.717, 1.165) is 29.9 Å². The maximum atomic E-state index is 15.3. The van der Waals surface area contributed by atoms with Gasteiger partial charge in [0.15, 0.2) is 5.82 Å². The van der Waals surface area contributed by atoms with Crippen LogP contribution in [0.15, 0.2) is 48.8 Å². The van der Waals surface area contributed by atoms with E-state index < -0.39 is 11.8 Å². The number of anilines is 3. The number of methoxy groups -OCH3 is 1. The van der Waals surface area contributed by atoms with E-state index in [1.165, 1.54) is 18.5 Å². The zero-order chi connectivity index (χ0) is 26.6. The van der Waals surface area contributed by atoms with Gasteiger partial charge in [-0.3, -0.25) is 4.90 Å². The lowest BCUT2D eigenvalue weighted by molar-refractivity contribution is 0.0331. The number of rotatable bonds is 7. The van der Waals surface area contributed by atoms with Crippen LogP contribution in [0, 0.1) is 12.7 Å². The molecular weight excluding hydrogens is 489 g/mol. The molecule has 38 heavy (non-hydrogen) atoms. The van der Waals surface area contributed by atoms with Crippen molar-refractivity contribution in [3.63, 3.8) is 0 Å². The molecule has 198 valence electrons. The van der Waals surface area contributed by atoms with Crippen molar-refractivity contribution in [1.82, 2.24) is 19.5 Å². The molecule has 1 aliphatic heterocycles. The zero-order valence-electron chi connectivity index (χ0n) is 21.3. The standard InChI is InChI=1S/C27H30FN7O3/c1-17-4-3-5-19(12-17)32-27(36)33-22-7-6-18(13-21(22)28)24-20(15-37-2)23(14-34-8-10-38-11-9-34)35-25(24)26(29)30-16-31-35/h3-7,12-13,16H,8-11,14-15H2,1-2H3,(H2,29,30,31)(H2,32,33,36). The highest BCUT2D eigenvalue weighted by Gasteiger charge is 2.25. The minimum atomic E-state index is -0.588. The van der Waals surface area contributed by atoms with E-state index in [2.05, 4.69) is 25.6 Å². The Hall–Kier alpha value is -4.06. The lowest BCUT2D eigenvalue weighted by Crippen LogP contribution is -2.36. The third kappa shape index (κ3) is 5.30. The second-order valence-electron chi connectivity index (χ2n) is 9.17. The van der Waals surface area contributed by atoms with E-state index in [1.54, 1.807) is 23.8 Å². The number of nitrogen functional groups attached to an aromatic ring is 1. The minimum Gasteiger partial charge on any atom is -0.382 e. The fourth-order valence-corrected chi connectivity index (χ4v) is 4.74. The molecule has 1 aliphatic rings. The number of fused-ring (bicyclic) bond motifs is 1. The number of benzene rings is 2. The molecule has 0 bridgehead atoms. The van der Waals surface area contributed by atoms with Crippen molar-refractivity contribution in [3.05, 3.63) is 71.4 Å². The summed E-state index contributed by atoms with van der Waals surface area (Å²) < 4.78 is 28.1. The van der Waals surface area contributed by atoms with Gasteiger partial charge in [0.25, 0.3) is 0 Å². The number of nitrogens with zero attached hydrogens (tertiary/aromatic N) is 4. The molecule has 0 saturated carbocycles. The van der Waals surface area contributed by atoms with Gasteiger partial charge in [-0.1, -0.05) is 18.2 Å². The first-order valence-electron chi connectivity index (χ1n) is 12.3. The van der Waals surface area contributed by atoms with Gasteiger partial charge in [0, 0.05) is 43.6 Å². The van der Waals surface area contributed by atoms with Crippen molar-refractivity contribution in [1.29, 1.82) is 0 Å². The number of aryl methyl sites for hydroxylation is 1. The van der Waals surface area contributed by atoms with Crippen LogP contribution in [0.2, 0.25) is 0 Å². The first kappa shape index (κ1) is 25.6. The molecule has 0 radical (unpaired) electrons. The molecule has 0 aliphatic carbocycles. The van der Waals surface area contributed by atoms with Gasteiger partial charge in [0.2, 0.25) is 0 Å². The molecule has 3 heterocycles. The molecule has 0 unspecified atom stereocenters. The molecule has 1 saturated heterocycles. The number of ether oxygens (including phenoxy) is 2. The highest BCUT2D eigenvalue weighted by molar-refractivity contribution is 6.00. The Labute approximate surface area is 219 Å². The van der Waals surface area contributed by atoms with Crippen LogP contribution in [0.25, 0.3) is 16.6 Å². The van der Waals surface area contributed by atoms with Crippen LogP contribution in [0.4, 0.5) is 26.4 Å². The molecule has 2 amide bonds. The molecule has 2 aromatic carbocycles. The summed E-state index contributed by atoms with van der Waals surface area (Å²) in [5.41, 5.74) is 11.6. The molecule has 4 aromatic rings. The van der Waals surface area contributed by atoms with Crippen LogP contribution in [0.5, 0.6) is 0 Å². The summed E-state index contributed by atoms with van der Waals surface area (Å²) in [6.45, 7) is 5.69. The summed E-state index contributed by atoms with van der Waals surface area (Å²) in [4.78, 5) is 19.0. The van der Waals surface area contributed by atoms with Crippen molar-refractivity contribution < 1.29 is 18.7 Å². The lowest BCUT2D eigenvalue weighted by atomic mass is 10.0. The maximum absolute atomic E-state index is 15.3. The van der Waals surface area contributed by atoms with Crippen molar-refractivity contribution in [2.75, 3.05) is 49.8 Å². The van der Waals surface area contributed by atoms with Gasteiger partial charge < -0.3 is 25.8 Å². The quantitative estimate of drug-likeness (QED) is 0.337. The molecular formula is C27H30FN7O3. The molecule has 2 aromatic heterocycles. The maximum Gasteiger partial charge on any atom is 0.323 e. The fourth-order valence-electron chi connectivity index (χ4n) is 4.74. The van der Waals surface area contributed by atoms with Gasteiger partial charge in [0.05, 0.1) is 31.2 Å². The molecule has 0 atom stereocenters. The summed E-state index contributed by atoms with van der Waals surface area (Å²) >= 11 is 0. The average Bonchev–Trinajstić information content (AvgIpc) is 3.20. The number of aromatic nitrogens is 3. The SMILES string of the molecule is COCc1c(-c2ccc(NC(=O)Nc3cccc(C)c3)c(F)c2)c2c(N)ncnn2c1CN1CCOCC1. The fraction of sp³-hybridized carbons (Fsp3) is 0.296. The van der Waals surface area contributed by atoms with Crippen LogP contribution in [0.1, 0.15) is 16.8 Å². The van der Waals surface area contributed by atoms with Gasteiger partial charge in [-0.15, -0.1) is 0 Å². The Balaban J connectivity index is 1.50. The van der Waals surface area contributed by atoms with Gasteiger partial charge in [-0.25, -0.2) is 18.7 Å².